The Morgan fingerprint density at radius 1 is 1.59 bits per heavy atom. The van der Waals surface area contributed by atoms with Crippen LogP contribution in [0.2, 0.25) is 0 Å². The predicted octanol–water partition coefficient (Wildman–Crippen LogP) is 2.35. The van der Waals surface area contributed by atoms with Crippen LogP contribution >= 0.6 is 11.3 Å². The Labute approximate surface area is 104 Å². The number of carbonyl (C=O) groups is 2. The molecule has 0 bridgehead atoms. The molecule has 0 aliphatic heterocycles. The Bertz CT molecular complexity index is 377. The molecule has 1 heterocycles. The molecule has 1 atom stereocenters. The van der Waals surface area contributed by atoms with Gasteiger partial charge in [-0.05, 0) is 11.4 Å². The van der Waals surface area contributed by atoms with E-state index in [1.807, 2.05) is 17.5 Å². The Balaban J connectivity index is 2.59. The van der Waals surface area contributed by atoms with Crippen molar-refractivity contribution < 1.29 is 19.4 Å². The summed E-state index contributed by atoms with van der Waals surface area (Å²) >= 11 is 1.49. The van der Waals surface area contributed by atoms with Crippen LogP contribution in [0.1, 0.15) is 24.3 Å². The summed E-state index contributed by atoms with van der Waals surface area (Å²) in [6, 6.07) is 3.75. The predicted molar refractivity (Wildman–Crippen MR) is 64.1 cm³/mol. The first-order chi connectivity index (χ1) is 8.00. The molecule has 0 saturated carbocycles. The lowest BCUT2D eigenvalue weighted by Crippen LogP contribution is -2.27. The van der Waals surface area contributed by atoms with Gasteiger partial charge in [0.05, 0.1) is 0 Å². The van der Waals surface area contributed by atoms with Crippen LogP contribution in [-0.2, 0) is 9.53 Å². The molecule has 94 valence electrons. The zero-order valence-corrected chi connectivity index (χ0v) is 10.6. The molecule has 1 amide bonds. The van der Waals surface area contributed by atoms with Crippen molar-refractivity contribution in [2.24, 2.45) is 0 Å². The van der Waals surface area contributed by atoms with E-state index in [-0.39, 0.29) is 12.1 Å². The minimum absolute atomic E-state index is 0.325. The van der Waals surface area contributed by atoms with Crippen molar-refractivity contribution in [1.29, 1.82) is 0 Å². The fraction of sp³-hybridized carbons (Fsp3) is 0.455. The van der Waals surface area contributed by atoms with Crippen LogP contribution in [0.4, 0.5) is 4.79 Å². The summed E-state index contributed by atoms with van der Waals surface area (Å²) in [5.41, 5.74) is 0. The van der Waals surface area contributed by atoms with Gasteiger partial charge in [-0.1, -0.05) is 6.07 Å². The molecule has 0 spiro atoms. The number of hydrogen-bond donors (Lipinski definition) is 1. The maximum Gasteiger partial charge on any atom is 0.407 e. The molecule has 0 fully saturated rings. The number of thiophene rings is 1. The molecule has 0 aliphatic rings. The van der Waals surface area contributed by atoms with E-state index >= 15 is 0 Å². The number of rotatable bonds is 5. The zero-order valence-electron chi connectivity index (χ0n) is 9.75. The van der Waals surface area contributed by atoms with Crippen LogP contribution in [0.15, 0.2) is 17.5 Å². The van der Waals surface area contributed by atoms with E-state index in [0.717, 1.165) is 4.88 Å². The van der Waals surface area contributed by atoms with Crippen molar-refractivity contribution in [3.63, 3.8) is 0 Å². The highest BCUT2D eigenvalue weighted by Gasteiger charge is 2.17. The molecular weight excluding hydrogens is 242 g/mol. The highest BCUT2D eigenvalue weighted by Crippen LogP contribution is 2.25. The van der Waals surface area contributed by atoms with Gasteiger partial charge in [0.25, 0.3) is 0 Å². The minimum Gasteiger partial charge on any atom is -0.465 e. The maximum absolute atomic E-state index is 11.0. The molecule has 5 nitrogen and oxygen atoms in total. The van der Waals surface area contributed by atoms with E-state index in [0.29, 0.717) is 13.0 Å². The molecule has 1 rings (SSSR count). The van der Waals surface area contributed by atoms with Gasteiger partial charge in [0.15, 0.2) is 0 Å². The number of hydrogen-bond acceptors (Lipinski definition) is 4. The molecule has 0 aliphatic carbocycles. The van der Waals surface area contributed by atoms with Crippen molar-refractivity contribution >= 4 is 23.4 Å². The van der Waals surface area contributed by atoms with E-state index in [9.17, 15) is 9.59 Å². The molecule has 1 aromatic heterocycles. The van der Waals surface area contributed by atoms with Crippen molar-refractivity contribution in [2.75, 3.05) is 13.6 Å². The van der Waals surface area contributed by atoms with Gasteiger partial charge in [-0.3, -0.25) is 4.79 Å². The van der Waals surface area contributed by atoms with Gasteiger partial charge in [-0.15, -0.1) is 11.3 Å². The molecule has 1 aromatic rings. The number of amides is 1. The SMILES string of the molecule is CC(=O)O[C@@H](CCN(C)C(=O)O)c1cccs1. The first kappa shape index (κ1) is 13.5. The van der Waals surface area contributed by atoms with Crippen LogP contribution in [0.3, 0.4) is 0 Å². The topological polar surface area (TPSA) is 66.8 Å². The quantitative estimate of drug-likeness (QED) is 0.822. The third-order valence-electron chi connectivity index (χ3n) is 2.22. The van der Waals surface area contributed by atoms with E-state index in [4.69, 9.17) is 9.84 Å². The third kappa shape index (κ3) is 4.44. The number of esters is 1. The first-order valence-electron chi connectivity index (χ1n) is 5.15. The normalized spacial score (nSPS) is 11.9. The molecule has 0 unspecified atom stereocenters. The van der Waals surface area contributed by atoms with Crippen molar-refractivity contribution in [3.05, 3.63) is 22.4 Å². The lowest BCUT2D eigenvalue weighted by atomic mass is 10.2. The summed E-state index contributed by atoms with van der Waals surface area (Å²) in [6.07, 6.45) is -0.893. The lowest BCUT2D eigenvalue weighted by molar-refractivity contribution is -0.147. The fourth-order valence-corrected chi connectivity index (χ4v) is 2.13. The Morgan fingerprint density at radius 2 is 2.29 bits per heavy atom. The van der Waals surface area contributed by atoms with Gasteiger partial charge in [-0.2, -0.15) is 0 Å². The number of ether oxygens (including phenoxy) is 1. The lowest BCUT2D eigenvalue weighted by Gasteiger charge is -2.19. The average Bonchev–Trinajstić information content (AvgIpc) is 2.76. The summed E-state index contributed by atoms with van der Waals surface area (Å²) in [6.45, 7) is 1.67. The second kappa shape index (κ2) is 6.24. The van der Waals surface area contributed by atoms with Crippen LogP contribution in [0.25, 0.3) is 0 Å². The molecule has 17 heavy (non-hydrogen) atoms. The second-order valence-electron chi connectivity index (χ2n) is 3.61. The first-order valence-corrected chi connectivity index (χ1v) is 6.03. The number of nitrogens with zero attached hydrogens (tertiary/aromatic N) is 1. The van der Waals surface area contributed by atoms with Gasteiger partial charge < -0.3 is 14.7 Å². The number of carboxylic acid groups (broad SMARTS) is 1. The molecular formula is C11H15NO4S. The maximum atomic E-state index is 11.0. The molecule has 0 saturated heterocycles. The Hall–Kier alpha value is -1.56. The van der Waals surface area contributed by atoms with E-state index < -0.39 is 6.09 Å². The highest BCUT2D eigenvalue weighted by atomic mass is 32.1. The van der Waals surface area contributed by atoms with Crippen LogP contribution < -0.4 is 0 Å². The van der Waals surface area contributed by atoms with E-state index in [1.165, 1.54) is 30.2 Å². The monoisotopic (exact) mass is 257 g/mol. The number of carbonyl (C=O) groups excluding carboxylic acids is 1. The van der Waals surface area contributed by atoms with Gasteiger partial charge in [0.2, 0.25) is 0 Å². The second-order valence-corrected chi connectivity index (χ2v) is 4.59. The molecule has 1 N–H and O–H groups in total. The van der Waals surface area contributed by atoms with Gasteiger partial charge in [0.1, 0.15) is 6.10 Å². The van der Waals surface area contributed by atoms with Gasteiger partial charge in [-0.25, -0.2) is 4.79 Å². The average molecular weight is 257 g/mol. The van der Waals surface area contributed by atoms with E-state index in [2.05, 4.69) is 0 Å². The third-order valence-corrected chi connectivity index (χ3v) is 3.19. The Morgan fingerprint density at radius 3 is 2.76 bits per heavy atom. The van der Waals surface area contributed by atoms with Crippen molar-refractivity contribution in [1.82, 2.24) is 4.90 Å². The summed E-state index contributed by atoms with van der Waals surface area (Å²) in [5, 5.41) is 10.6. The summed E-state index contributed by atoms with van der Waals surface area (Å²) in [5.74, 6) is -0.360. The molecule has 0 radical (unpaired) electrons. The zero-order chi connectivity index (χ0) is 12.8. The van der Waals surface area contributed by atoms with E-state index in [1.54, 1.807) is 0 Å². The minimum atomic E-state index is -0.988. The van der Waals surface area contributed by atoms with Crippen molar-refractivity contribution in [2.45, 2.75) is 19.4 Å². The van der Waals surface area contributed by atoms with Crippen LogP contribution in [-0.4, -0.2) is 35.7 Å². The molecule has 6 heteroatoms. The summed E-state index contributed by atoms with van der Waals surface area (Å²) < 4.78 is 5.18. The van der Waals surface area contributed by atoms with Crippen LogP contribution in [0.5, 0.6) is 0 Å². The standard InChI is InChI=1S/C11H15NO4S/c1-8(13)16-9(10-4-3-7-17-10)5-6-12(2)11(14)15/h3-4,7,9H,5-6H2,1-2H3,(H,14,15)/t9-/m0/s1. The fourth-order valence-electron chi connectivity index (χ4n) is 1.34. The van der Waals surface area contributed by atoms with Crippen LogP contribution in [0, 0.1) is 0 Å². The molecule has 0 aromatic carbocycles. The largest absolute Gasteiger partial charge is 0.465 e. The van der Waals surface area contributed by atoms with Gasteiger partial charge in [0, 0.05) is 31.8 Å². The summed E-state index contributed by atoms with van der Waals surface area (Å²) in [4.78, 5) is 23.7. The highest BCUT2D eigenvalue weighted by molar-refractivity contribution is 7.10. The van der Waals surface area contributed by atoms with Crippen molar-refractivity contribution in [3.8, 4) is 0 Å². The summed E-state index contributed by atoms with van der Waals surface area (Å²) in [7, 11) is 1.49. The Kier molecular flexibility index (Phi) is 4.96. The van der Waals surface area contributed by atoms with Gasteiger partial charge >= 0.3 is 12.1 Å². The smallest absolute Gasteiger partial charge is 0.407 e.